The standard InChI is InChI=1S/C26H24ClN3O5/c1-15-8-9-16(2)21(12-15)28-24(31)25(32)30-29-17(3)18-10-11-22(23(14-18)34-4)35-26(33)19-6-5-7-20(27)13-19/h5-14H,1-4H3,(H,28,31)(H,30,32)/b29-17+. The van der Waals surface area contributed by atoms with Crippen LogP contribution in [0.1, 0.15) is 34.0 Å². The van der Waals surface area contributed by atoms with E-state index in [2.05, 4.69) is 15.8 Å². The van der Waals surface area contributed by atoms with E-state index < -0.39 is 17.8 Å². The molecule has 2 amide bonds. The van der Waals surface area contributed by atoms with Crippen LogP contribution in [0, 0.1) is 13.8 Å². The summed E-state index contributed by atoms with van der Waals surface area (Å²) in [7, 11) is 1.43. The number of carbonyl (C=O) groups excluding carboxylic acids is 3. The van der Waals surface area contributed by atoms with Crippen LogP contribution in [0.15, 0.2) is 65.8 Å². The number of methoxy groups -OCH3 is 1. The highest BCUT2D eigenvalue weighted by Crippen LogP contribution is 2.29. The first-order valence-corrected chi connectivity index (χ1v) is 10.9. The molecule has 0 aliphatic rings. The van der Waals surface area contributed by atoms with E-state index in [9.17, 15) is 14.4 Å². The van der Waals surface area contributed by atoms with E-state index in [1.807, 2.05) is 26.0 Å². The number of nitrogens with one attached hydrogen (secondary N) is 2. The summed E-state index contributed by atoms with van der Waals surface area (Å²) >= 11 is 5.93. The SMILES string of the molecule is COc1cc(/C(C)=N/NC(=O)C(=O)Nc2cc(C)ccc2C)ccc1OC(=O)c1cccc(Cl)c1. The Morgan fingerprint density at radius 2 is 1.66 bits per heavy atom. The third-order valence-corrected chi connectivity index (χ3v) is 5.25. The van der Waals surface area contributed by atoms with Crippen LogP contribution in [0.2, 0.25) is 5.02 Å². The first-order chi connectivity index (χ1) is 16.7. The van der Waals surface area contributed by atoms with Gasteiger partial charge in [-0.2, -0.15) is 5.10 Å². The summed E-state index contributed by atoms with van der Waals surface area (Å²) in [6.45, 7) is 5.37. The molecule has 9 heteroatoms. The Bertz CT molecular complexity index is 1320. The minimum atomic E-state index is -0.913. The zero-order valence-electron chi connectivity index (χ0n) is 19.6. The molecule has 0 bridgehead atoms. The lowest BCUT2D eigenvalue weighted by Gasteiger charge is -2.11. The van der Waals surface area contributed by atoms with Gasteiger partial charge in [-0.25, -0.2) is 10.2 Å². The minimum Gasteiger partial charge on any atom is -0.493 e. The first-order valence-electron chi connectivity index (χ1n) is 10.6. The van der Waals surface area contributed by atoms with Gasteiger partial charge in [0.25, 0.3) is 0 Å². The monoisotopic (exact) mass is 493 g/mol. The third-order valence-electron chi connectivity index (χ3n) is 5.02. The lowest BCUT2D eigenvalue weighted by molar-refractivity contribution is -0.136. The molecule has 8 nitrogen and oxygen atoms in total. The number of esters is 1. The fraction of sp³-hybridized carbons (Fsp3) is 0.154. The Balaban J connectivity index is 1.68. The van der Waals surface area contributed by atoms with E-state index in [0.29, 0.717) is 27.5 Å². The number of halogens is 1. The molecule has 0 aliphatic carbocycles. The van der Waals surface area contributed by atoms with Crippen molar-refractivity contribution in [2.45, 2.75) is 20.8 Å². The van der Waals surface area contributed by atoms with Gasteiger partial charge in [0, 0.05) is 16.3 Å². The number of hydrazone groups is 1. The van der Waals surface area contributed by atoms with Crippen molar-refractivity contribution in [1.82, 2.24) is 5.43 Å². The van der Waals surface area contributed by atoms with Crippen LogP contribution in [0.25, 0.3) is 0 Å². The number of rotatable bonds is 6. The van der Waals surface area contributed by atoms with E-state index in [1.165, 1.54) is 13.2 Å². The smallest absolute Gasteiger partial charge is 0.343 e. The second-order valence-electron chi connectivity index (χ2n) is 7.68. The molecule has 0 unspecified atom stereocenters. The van der Waals surface area contributed by atoms with Gasteiger partial charge >= 0.3 is 17.8 Å². The fourth-order valence-electron chi connectivity index (χ4n) is 3.05. The van der Waals surface area contributed by atoms with E-state index in [4.69, 9.17) is 21.1 Å². The van der Waals surface area contributed by atoms with Crippen LogP contribution in [0.3, 0.4) is 0 Å². The van der Waals surface area contributed by atoms with Crippen molar-refractivity contribution in [2.75, 3.05) is 12.4 Å². The summed E-state index contributed by atoms with van der Waals surface area (Å²) in [6.07, 6.45) is 0. The largest absolute Gasteiger partial charge is 0.493 e. The summed E-state index contributed by atoms with van der Waals surface area (Å²) in [5.74, 6) is -1.86. The average molecular weight is 494 g/mol. The third kappa shape index (κ3) is 6.68. The van der Waals surface area contributed by atoms with Gasteiger partial charge < -0.3 is 14.8 Å². The van der Waals surface area contributed by atoms with Crippen molar-refractivity contribution in [3.63, 3.8) is 0 Å². The fourth-order valence-corrected chi connectivity index (χ4v) is 3.24. The highest BCUT2D eigenvalue weighted by Gasteiger charge is 2.16. The Labute approximate surface area is 207 Å². The molecule has 3 aromatic rings. The number of hydrogen-bond acceptors (Lipinski definition) is 6. The van der Waals surface area contributed by atoms with Crippen LogP contribution in [-0.4, -0.2) is 30.6 Å². The van der Waals surface area contributed by atoms with Gasteiger partial charge in [0.05, 0.1) is 18.4 Å². The molecular weight excluding hydrogens is 470 g/mol. The Kier molecular flexibility index (Phi) is 8.22. The number of carbonyl (C=O) groups is 3. The number of benzene rings is 3. The van der Waals surface area contributed by atoms with Crippen LogP contribution in [0.5, 0.6) is 11.5 Å². The molecule has 0 atom stereocenters. The highest BCUT2D eigenvalue weighted by atomic mass is 35.5. The highest BCUT2D eigenvalue weighted by molar-refractivity contribution is 6.39. The van der Waals surface area contributed by atoms with Crippen LogP contribution < -0.4 is 20.2 Å². The van der Waals surface area contributed by atoms with Crippen molar-refractivity contribution in [1.29, 1.82) is 0 Å². The first kappa shape index (κ1) is 25.5. The van der Waals surface area contributed by atoms with Gasteiger partial charge in [-0.05, 0) is 74.4 Å². The predicted molar refractivity (Wildman–Crippen MR) is 134 cm³/mol. The molecule has 0 fully saturated rings. The maximum atomic E-state index is 12.4. The van der Waals surface area contributed by atoms with Crippen molar-refractivity contribution >= 4 is 40.8 Å². The van der Waals surface area contributed by atoms with Crippen molar-refractivity contribution in [3.05, 3.63) is 87.9 Å². The number of hydrogen-bond donors (Lipinski definition) is 2. The summed E-state index contributed by atoms with van der Waals surface area (Å²) in [6, 6.07) is 16.7. The van der Waals surface area contributed by atoms with Crippen molar-refractivity contribution < 1.29 is 23.9 Å². The maximum absolute atomic E-state index is 12.4. The lowest BCUT2D eigenvalue weighted by Crippen LogP contribution is -2.33. The zero-order valence-corrected chi connectivity index (χ0v) is 20.4. The molecular formula is C26H24ClN3O5. The van der Waals surface area contributed by atoms with E-state index in [0.717, 1.165) is 11.1 Å². The van der Waals surface area contributed by atoms with Gasteiger partial charge in [0.15, 0.2) is 11.5 Å². The second kappa shape index (κ2) is 11.3. The van der Waals surface area contributed by atoms with E-state index >= 15 is 0 Å². The lowest BCUT2D eigenvalue weighted by atomic mass is 10.1. The molecule has 0 saturated carbocycles. The van der Waals surface area contributed by atoms with Crippen LogP contribution in [-0.2, 0) is 9.59 Å². The van der Waals surface area contributed by atoms with E-state index in [1.54, 1.807) is 49.4 Å². The molecule has 180 valence electrons. The maximum Gasteiger partial charge on any atom is 0.343 e. The quantitative estimate of drug-likeness (QED) is 0.171. The molecule has 3 rings (SSSR count). The van der Waals surface area contributed by atoms with Crippen molar-refractivity contribution in [3.8, 4) is 11.5 Å². The Morgan fingerprint density at radius 3 is 2.37 bits per heavy atom. The molecule has 0 spiro atoms. The topological polar surface area (TPSA) is 106 Å². The average Bonchev–Trinajstić information content (AvgIpc) is 2.84. The summed E-state index contributed by atoms with van der Waals surface area (Å²) in [5, 5.41) is 6.99. The van der Waals surface area contributed by atoms with Crippen LogP contribution >= 0.6 is 11.6 Å². The van der Waals surface area contributed by atoms with Gasteiger partial charge in [-0.1, -0.05) is 29.8 Å². The van der Waals surface area contributed by atoms with Gasteiger partial charge in [-0.15, -0.1) is 0 Å². The predicted octanol–water partition coefficient (Wildman–Crippen LogP) is 4.66. The minimum absolute atomic E-state index is 0.200. The summed E-state index contributed by atoms with van der Waals surface area (Å²) in [4.78, 5) is 36.9. The number of amides is 2. The van der Waals surface area contributed by atoms with Gasteiger partial charge in [0.1, 0.15) is 0 Å². The Hall–Kier alpha value is -4.17. The molecule has 0 radical (unpaired) electrons. The molecule has 3 aromatic carbocycles. The second-order valence-corrected chi connectivity index (χ2v) is 8.11. The normalized spacial score (nSPS) is 10.9. The molecule has 0 aliphatic heterocycles. The van der Waals surface area contributed by atoms with Gasteiger partial charge in [0.2, 0.25) is 0 Å². The summed E-state index contributed by atoms with van der Waals surface area (Å²) in [5.41, 5.74) is 5.87. The summed E-state index contributed by atoms with van der Waals surface area (Å²) < 4.78 is 10.8. The Morgan fingerprint density at radius 1 is 0.886 bits per heavy atom. The van der Waals surface area contributed by atoms with Crippen LogP contribution in [0.4, 0.5) is 5.69 Å². The molecule has 35 heavy (non-hydrogen) atoms. The van der Waals surface area contributed by atoms with Gasteiger partial charge in [-0.3, -0.25) is 9.59 Å². The zero-order chi connectivity index (χ0) is 25.5. The number of aryl methyl sites for hydroxylation is 2. The number of ether oxygens (including phenoxy) is 2. The molecule has 0 heterocycles. The molecule has 0 aromatic heterocycles. The van der Waals surface area contributed by atoms with E-state index in [-0.39, 0.29) is 11.5 Å². The number of nitrogens with zero attached hydrogens (tertiary/aromatic N) is 1. The molecule has 0 saturated heterocycles. The van der Waals surface area contributed by atoms with Crippen molar-refractivity contribution in [2.24, 2.45) is 5.10 Å². The number of anilines is 1. The molecule has 2 N–H and O–H groups in total.